The van der Waals surface area contributed by atoms with Gasteiger partial charge in [-0.25, -0.2) is 21.6 Å². The number of aliphatic hydroxyl groups excluding tert-OH is 2. The van der Waals surface area contributed by atoms with Crippen LogP contribution in [-0.2, 0) is 9.84 Å². The number of aliphatic hydroxyl groups is 4. The summed E-state index contributed by atoms with van der Waals surface area (Å²) in [4.78, 5) is 12.4. The second-order valence-corrected chi connectivity index (χ2v) is 13.5. The van der Waals surface area contributed by atoms with Crippen molar-refractivity contribution >= 4 is 33.0 Å². The Kier molecular flexibility index (Phi) is 7.87. The fourth-order valence-corrected chi connectivity index (χ4v) is 8.19. The topological polar surface area (TPSA) is 144 Å². The molecule has 0 aromatic heterocycles. The molecule has 2 saturated carbocycles. The lowest BCUT2D eigenvalue weighted by Gasteiger charge is -2.48. The van der Waals surface area contributed by atoms with Crippen molar-refractivity contribution in [2.45, 2.75) is 73.1 Å². The normalized spacial score (nSPS) is 26.8. The molecule has 2 aliphatic carbocycles. The molecular formula is C26H29ClF3NO7S. The van der Waals surface area contributed by atoms with E-state index in [2.05, 4.69) is 5.32 Å². The lowest BCUT2D eigenvalue weighted by atomic mass is 9.68. The van der Waals surface area contributed by atoms with Crippen molar-refractivity contribution in [1.29, 1.82) is 0 Å². The number of carbonyl (C=O) groups excluding carboxylic acids is 1. The quantitative estimate of drug-likeness (QED) is 0.311. The van der Waals surface area contributed by atoms with Crippen LogP contribution in [0.15, 0.2) is 35.2 Å². The minimum Gasteiger partial charge on any atom is -0.388 e. The van der Waals surface area contributed by atoms with Gasteiger partial charge in [-0.3, -0.25) is 4.79 Å². The van der Waals surface area contributed by atoms with Crippen LogP contribution in [0, 0.1) is 29.3 Å². The van der Waals surface area contributed by atoms with E-state index in [1.54, 1.807) is 0 Å². The fraction of sp³-hybridized carbons (Fsp3) is 0.500. The molecule has 0 spiro atoms. The third-order valence-corrected chi connectivity index (χ3v) is 10.6. The molecule has 6 atom stereocenters. The molecule has 39 heavy (non-hydrogen) atoms. The predicted molar refractivity (Wildman–Crippen MR) is 135 cm³/mol. The summed E-state index contributed by atoms with van der Waals surface area (Å²) < 4.78 is 67.6. The molecule has 0 heterocycles. The maximum atomic E-state index is 13.7. The van der Waals surface area contributed by atoms with E-state index in [1.807, 2.05) is 0 Å². The molecule has 13 heteroatoms. The molecule has 2 fully saturated rings. The second-order valence-electron chi connectivity index (χ2n) is 10.9. The van der Waals surface area contributed by atoms with Gasteiger partial charge in [-0.05, 0) is 69.6 Å². The minimum absolute atomic E-state index is 0.0636. The van der Waals surface area contributed by atoms with Crippen LogP contribution in [0.3, 0.4) is 0 Å². The van der Waals surface area contributed by atoms with Crippen LogP contribution >= 0.6 is 11.6 Å². The Bertz CT molecular complexity index is 1360. The van der Waals surface area contributed by atoms with Crippen molar-refractivity contribution < 1.29 is 46.8 Å². The molecule has 4 rings (SSSR count). The highest BCUT2D eigenvalue weighted by molar-refractivity contribution is 7.92. The molecule has 2 aromatic carbocycles. The highest BCUT2D eigenvalue weighted by atomic mass is 35.5. The third-order valence-electron chi connectivity index (χ3n) is 7.94. The van der Waals surface area contributed by atoms with Crippen molar-refractivity contribution in [3.05, 3.63) is 58.4 Å². The van der Waals surface area contributed by atoms with Crippen molar-refractivity contribution in [2.24, 2.45) is 11.8 Å². The zero-order valence-corrected chi connectivity index (χ0v) is 22.6. The lowest BCUT2D eigenvalue weighted by Crippen LogP contribution is -2.62. The number of carbonyl (C=O) groups is 1. The molecule has 5 N–H and O–H groups in total. The first-order valence-corrected chi connectivity index (χ1v) is 14.2. The first-order chi connectivity index (χ1) is 18.0. The summed E-state index contributed by atoms with van der Waals surface area (Å²) in [6.45, 7) is 2.58. The number of halogens is 4. The van der Waals surface area contributed by atoms with Crippen LogP contribution in [0.2, 0.25) is 5.02 Å². The SMILES string of the molecule is CC(C)(O)C(O)C(O)C1(O)C2CC[C@H]1CC(S(=O)(=O)c1cc(C(=O)Nc3cc(F)c(F)c(F)c3)ccc1Cl)C2. The van der Waals surface area contributed by atoms with Crippen molar-refractivity contribution in [2.75, 3.05) is 5.32 Å². The Morgan fingerprint density at radius 2 is 1.62 bits per heavy atom. The maximum Gasteiger partial charge on any atom is 0.255 e. The Labute approximate surface area is 228 Å². The molecule has 0 aliphatic heterocycles. The summed E-state index contributed by atoms with van der Waals surface area (Å²) in [6, 6.07) is 4.58. The zero-order chi connectivity index (χ0) is 29.1. The molecule has 1 amide bonds. The molecule has 2 aliphatic rings. The molecule has 0 saturated heterocycles. The number of anilines is 1. The van der Waals surface area contributed by atoms with E-state index < -0.39 is 73.7 Å². The van der Waals surface area contributed by atoms with Crippen molar-refractivity contribution in [3.8, 4) is 0 Å². The number of nitrogens with one attached hydrogen (secondary N) is 1. The summed E-state index contributed by atoms with van der Waals surface area (Å²) >= 11 is 6.21. The fourth-order valence-electron chi connectivity index (χ4n) is 5.79. The van der Waals surface area contributed by atoms with E-state index in [1.165, 1.54) is 26.0 Å². The van der Waals surface area contributed by atoms with Crippen molar-refractivity contribution in [3.63, 3.8) is 0 Å². The summed E-state index contributed by atoms with van der Waals surface area (Å²) in [6.07, 6.45) is -2.73. The molecule has 2 aromatic rings. The molecule has 0 radical (unpaired) electrons. The van der Waals surface area contributed by atoms with E-state index >= 15 is 0 Å². The standard InChI is InChI=1S/C26H29ClF3NO7S/c1-25(2,35)22(32)23(33)26(36)13-4-5-14(26)9-16(8-13)39(37,38)20-7-12(3-6-17(20)27)24(34)31-15-10-18(28)21(30)19(29)11-15/h3,6-7,10-11,13-14,16,22-23,32-33,35-36H,4-5,8-9H2,1-2H3,(H,31,34)/t13-,14?,16?,22?,23?,26?/m0/s1. The number of benzene rings is 2. The Balaban J connectivity index is 1.58. The predicted octanol–water partition coefficient (Wildman–Crippen LogP) is 3.20. The van der Waals surface area contributed by atoms with Crippen LogP contribution in [0.4, 0.5) is 18.9 Å². The summed E-state index contributed by atoms with van der Waals surface area (Å²) in [7, 11) is -4.18. The Morgan fingerprint density at radius 3 is 2.13 bits per heavy atom. The van der Waals surface area contributed by atoms with E-state index in [-0.39, 0.29) is 34.0 Å². The first-order valence-electron chi connectivity index (χ1n) is 12.3. The molecule has 8 nitrogen and oxygen atoms in total. The largest absolute Gasteiger partial charge is 0.388 e. The number of amides is 1. The summed E-state index contributed by atoms with van der Waals surface area (Å²) in [5, 5.41) is 43.8. The van der Waals surface area contributed by atoms with Crippen LogP contribution in [-0.4, -0.2) is 63.4 Å². The van der Waals surface area contributed by atoms with Gasteiger partial charge in [0, 0.05) is 23.4 Å². The van der Waals surface area contributed by atoms with Gasteiger partial charge in [-0.15, -0.1) is 0 Å². The van der Waals surface area contributed by atoms with Gasteiger partial charge in [-0.2, -0.15) is 0 Å². The van der Waals surface area contributed by atoms with Crippen LogP contribution in [0.5, 0.6) is 0 Å². The molecule has 5 unspecified atom stereocenters. The highest BCUT2D eigenvalue weighted by Crippen LogP contribution is 2.54. The van der Waals surface area contributed by atoms with E-state index in [4.69, 9.17) is 11.6 Å². The van der Waals surface area contributed by atoms with Crippen LogP contribution in [0.1, 0.15) is 49.9 Å². The number of fused-ring (bicyclic) bond motifs is 2. The number of sulfone groups is 1. The van der Waals surface area contributed by atoms with Crippen molar-refractivity contribution in [1.82, 2.24) is 0 Å². The zero-order valence-electron chi connectivity index (χ0n) is 21.0. The molecular weight excluding hydrogens is 563 g/mol. The number of rotatable bonds is 7. The van der Waals surface area contributed by atoms with Gasteiger partial charge in [-0.1, -0.05) is 11.6 Å². The van der Waals surface area contributed by atoms with E-state index in [0.717, 1.165) is 6.07 Å². The smallest absolute Gasteiger partial charge is 0.255 e. The van der Waals surface area contributed by atoms with Gasteiger partial charge < -0.3 is 25.7 Å². The Hall–Kier alpha value is -2.22. The first kappa shape index (κ1) is 29.8. The molecule has 2 bridgehead atoms. The Morgan fingerprint density at radius 1 is 1.08 bits per heavy atom. The van der Waals surface area contributed by atoms with Gasteiger partial charge in [0.15, 0.2) is 27.3 Å². The minimum atomic E-state index is -4.18. The second kappa shape index (κ2) is 10.3. The van der Waals surface area contributed by atoms with E-state index in [9.17, 15) is 46.8 Å². The highest BCUT2D eigenvalue weighted by Gasteiger charge is 2.61. The average Bonchev–Trinajstić information content (AvgIpc) is 3.02. The monoisotopic (exact) mass is 591 g/mol. The maximum absolute atomic E-state index is 13.7. The van der Waals surface area contributed by atoms with Gasteiger partial charge in [0.25, 0.3) is 5.91 Å². The van der Waals surface area contributed by atoms with Gasteiger partial charge in [0.1, 0.15) is 12.2 Å². The number of hydrogen-bond donors (Lipinski definition) is 5. The number of hydrogen-bond acceptors (Lipinski definition) is 7. The van der Waals surface area contributed by atoms with Crippen LogP contribution in [0.25, 0.3) is 0 Å². The summed E-state index contributed by atoms with van der Waals surface area (Å²) in [5.41, 5.74) is -4.10. The van der Waals surface area contributed by atoms with Crippen LogP contribution < -0.4 is 5.32 Å². The van der Waals surface area contributed by atoms with E-state index in [0.29, 0.717) is 25.0 Å². The molecule has 214 valence electrons. The third kappa shape index (κ3) is 5.30. The lowest BCUT2D eigenvalue weighted by molar-refractivity contribution is -0.208. The van der Waals surface area contributed by atoms with Gasteiger partial charge in [0.2, 0.25) is 0 Å². The van der Waals surface area contributed by atoms with Gasteiger partial charge in [0.05, 0.1) is 26.4 Å². The van der Waals surface area contributed by atoms with Gasteiger partial charge >= 0.3 is 0 Å². The summed E-state index contributed by atoms with van der Waals surface area (Å²) in [5.74, 6) is -7.06. The average molecular weight is 592 g/mol.